The van der Waals surface area contributed by atoms with Crippen LogP contribution in [0.4, 0.5) is 13.2 Å². The van der Waals surface area contributed by atoms with Gasteiger partial charge in [-0.3, -0.25) is 0 Å². The molecule has 0 N–H and O–H groups in total. The number of benzene rings is 2. The minimum absolute atomic E-state index is 0.0628. The van der Waals surface area contributed by atoms with Crippen LogP contribution in [-0.2, 0) is 6.18 Å². The van der Waals surface area contributed by atoms with Crippen LogP contribution in [0.5, 0.6) is 0 Å². The Hall–Kier alpha value is -0.760. The Kier molecular flexibility index (Phi) is 4.39. The fourth-order valence-corrected chi connectivity index (χ4v) is 3.18. The topological polar surface area (TPSA) is 0 Å². The van der Waals surface area contributed by atoms with E-state index in [1.54, 1.807) is 0 Å². The summed E-state index contributed by atoms with van der Waals surface area (Å²) in [7, 11) is 0. The molecule has 0 radical (unpaired) electrons. The average molecular weight is 323 g/mol. The van der Waals surface area contributed by atoms with E-state index >= 15 is 0 Å². The molecule has 0 saturated carbocycles. The highest BCUT2D eigenvalue weighted by molar-refractivity contribution is 8.08. The van der Waals surface area contributed by atoms with Crippen molar-refractivity contribution in [1.29, 1.82) is 0 Å². The molecule has 0 heterocycles. The molecule has 0 spiro atoms. The highest BCUT2D eigenvalue weighted by Gasteiger charge is 2.35. The maximum absolute atomic E-state index is 12.8. The van der Waals surface area contributed by atoms with Crippen molar-refractivity contribution in [1.82, 2.24) is 0 Å². The lowest BCUT2D eigenvalue weighted by Gasteiger charge is -2.14. The SMILES string of the molecule is FC(F)(F)c1ccc(-c2ccccc2)cc1P(Cl)Cl. The monoisotopic (exact) mass is 322 g/mol. The first-order chi connectivity index (χ1) is 8.89. The van der Waals surface area contributed by atoms with Crippen LogP contribution in [0.3, 0.4) is 0 Å². The third kappa shape index (κ3) is 3.42. The minimum atomic E-state index is -4.45. The third-order valence-corrected chi connectivity index (χ3v) is 4.42. The lowest BCUT2D eigenvalue weighted by molar-refractivity contribution is -0.136. The molecule has 0 aliphatic carbocycles. The van der Waals surface area contributed by atoms with E-state index in [-0.39, 0.29) is 5.30 Å². The molecule has 6 heteroatoms. The summed E-state index contributed by atoms with van der Waals surface area (Å²) in [6.07, 6.45) is -4.45. The molecule has 0 nitrogen and oxygen atoms in total. The molecule has 2 aromatic carbocycles. The maximum Gasteiger partial charge on any atom is 0.417 e. The number of alkyl halides is 3. The summed E-state index contributed by atoms with van der Waals surface area (Å²) in [6.45, 7) is -1.86. The molecule has 0 unspecified atom stereocenters. The van der Waals surface area contributed by atoms with E-state index in [0.717, 1.165) is 11.6 Å². The van der Waals surface area contributed by atoms with Gasteiger partial charge in [-0.2, -0.15) is 13.2 Å². The van der Waals surface area contributed by atoms with E-state index in [2.05, 4.69) is 0 Å². The Balaban J connectivity index is 2.55. The van der Waals surface area contributed by atoms with E-state index in [4.69, 9.17) is 22.5 Å². The summed E-state index contributed by atoms with van der Waals surface area (Å²) in [6, 6.07) is 13.0. The second-order valence-electron chi connectivity index (χ2n) is 3.83. The van der Waals surface area contributed by atoms with Crippen LogP contribution in [0.25, 0.3) is 11.1 Å². The molecular formula is C13H8Cl2F3P. The number of halogens is 5. The van der Waals surface area contributed by atoms with Gasteiger partial charge in [-0.25, -0.2) is 0 Å². The largest absolute Gasteiger partial charge is 0.417 e. The summed E-state index contributed by atoms with van der Waals surface area (Å²) < 4.78 is 38.5. The Morgan fingerprint density at radius 1 is 0.842 bits per heavy atom. The number of hydrogen-bond donors (Lipinski definition) is 0. The number of rotatable bonds is 2. The van der Waals surface area contributed by atoms with Crippen LogP contribution in [0, 0.1) is 0 Å². The van der Waals surface area contributed by atoms with E-state index in [1.165, 1.54) is 12.1 Å². The molecule has 0 amide bonds. The zero-order valence-corrected chi connectivity index (χ0v) is 11.9. The molecule has 100 valence electrons. The van der Waals surface area contributed by atoms with Crippen LogP contribution in [0.15, 0.2) is 48.5 Å². The molecule has 2 aromatic rings. The lowest BCUT2D eigenvalue weighted by Crippen LogP contribution is -2.16. The predicted molar refractivity (Wildman–Crippen MR) is 75.1 cm³/mol. The van der Waals surface area contributed by atoms with Gasteiger partial charge < -0.3 is 0 Å². The van der Waals surface area contributed by atoms with Crippen LogP contribution in [-0.4, -0.2) is 0 Å². The third-order valence-electron chi connectivity index (χ3n) is 2.59. The van der Waals surface area contributed by atoms with Crippen molar-refractivity contribution in [3.63, 3.8) is 0 Å². The van der Waals surface area contributed by atoms with Crippen molar-refractivity contribution in [3.05, 3.63) is 54.1 Å². The minimum Gasteiger partial charge on any atom is -0.166 e. The van der Waals surface area contributed by atoms with Gasteiger partial charge in [0.15, 0.2) is 0 Å². The number of hydrogen-bond acceptors (Lipinski definition) is 0. The van der Waals surface area contributed by atoms with Crippen molar-refractivity contribution in [2.24, 2.45) is 0 Å². The highest BCUT2D eigenvalue weighted by Crippen LogP contribution is 2.49. The summed E-state index contributed by atoms with van der Waals surface area (Å²) in [5.41, 5.74) is 0.711. The van der Waals surface area contributed by atoms with Crippen molar-refractivity contribution in [2.75, 3.05) is 0 Å². The molecular weight excluding hydrogens is 315 g/mol. The molecule has 0 atom stereocenters. The van der Waals surface area contributed by atoms with Gasteiger partial charge in [0.25, 0.3) is 0 Å². The summed E-state index contributed by atoms with van der Waals surface area (Å²) >= 11 is 11.4. The van der Waals surface area contributed by atoms with Crippen molar-refractivity contribution < 1.29 is 13.2 Å². The Bertz CT molecular complexity index is 568. The van der Waals surface area contributed by atoms with Gasteiger partial charge in [-0.1, -0.05) is 58.9 Å². The first kappa shape index (κ1) is 14.6. The van der Waals surface area contributed by atoms with Gasteiger partial charge in [0.1, 0.15) is 6.63 Å². The quantitative estimate of drug-likeness (QED) is 0.614. The Labute approximate surface area is 119 Å². The second kappa shape index (κ2) is 5.70. The summed E-state index contributed by atoms with van der Waals surface area (Å²) in [5, 5.41) is -0.0628. The average Bonchev–Trinajstić information content (AvgIpc) is 2.38. The lowest BCUT2D eigenvalue weighted by atomic mass is 10.0. The van der Waals surface area contributed by atoms with Gasteiger partial charge in [-0.05, 0) is 23.3 Å². The molecule has 19 heavy (non-hydrogen) atoms. The van der Waals surface area contributed by atoms with E-state index in [1.807, 2.05) is 30.3 Å². The zero-order chi connectivity index (χ0) is 14.0. The smallest absolute Gasteiger partial charge is 0.166 e. The van der Waals surface area contributed by atoms with Gasteiger partial charge in [0, 0.05) is 5.30 Å². The first-order valence-electron chi connectivity index (χ1n) is 5.28. The van der Waals surface area contributed by atoms with Crippen molar-refractivity contribution in [2.45, 2.75) is 6.18 Å². The molecule has 2 rings (SSSR count). The van der Waals surface area contributed by atoms with Gasteiger partial charge >= 0.3 is 6.18 Å². The van der Waals surface area contributed by atoms with Crippen LogP contribution in [0.1, 0.15) is 5.56 Å². The summed E-state index contributed by atoms with van der Waals surface area (Å²) in [4.78, 5) is 0. The predicted octanol–water partition coefficient (Wildman–Crippen LogP) is 5.79. The van der Waals surface area contributed by atoms with E-state index in [0.29, 0.717) is 5.56 Å². The van der Waals surface area contributed by atoms with E-state index in [9.17, 15) is 13.2 Å². The Morgan fingerprint density at radius 3 is 2.00 bits per heavy atom. The molecule has 0 bridgehead atoms. The maximum atomic E-state index is 12.8. The molecule has 0 saturated heterocycles. The molecule has 0 aliphatic rings. The summed E-state index contributed by atoms with van der Waals surface area (Å²) in [5.74, 6) is 0. The zero-order valence-electron chi connectivity index (χ0n) is 9.46. The molecule has 0 aromatic heterocycles. The first-order valence-corrected chi connectivity index (χ1v) is 8.43. The molecule has 0 aliphatic heterocycles. The normalized spacial score (nSPS) is 11.9. The van der Waals surface area contributed by atoms with Crippen LogP contribution < -0.4 is 5.30 Å². The standard InChI is InChI=1S/C13H8Cl2F3P/c14-19(15)12-8-10(9-4-2-1-3-5-9)6-7-11(12)13(16,17)18/h1-8H. The van der Waals surface area contributed by atoms with Gasteiger partial charge in [0.05, 0.1) is 5.56 Å². The van der Waals surface area contributed by atoms with Gasteiger partial charge in [-0.15, -0.1) is 0 Å². The van der Waals surface area contributed by atoms with Crippen molar-refractivity contribution >= 4 is 34.4 Å². The van der Waals surface area contributed by atoms with Crippen LogP contribution >= 0.6 is 29.1 Å². The fourth-order valence-electron chi connectivity index (χ4n) is 1.72. The highest BCUT2D eigenvalue weighted by atomic mass is 35.9. The van der Waals surface area contributed by atoms with Crippen LogP contribution in [0.2, 0.25) is 0 Å². The fraction of sp³-hybridized carbons (Fsp3) is 0.0769. The Morgan fingerprint density at radius 2 is 1.47 bits per heavy atom. The molecule has 0 fully saturated rings. The van der Waals surface area contributed by atoms with E-state index < -0.39 is 18.4 Å². The van der Waals surface area contributed by atoms with Crippen molar-refractivity contribution in [3.8, 4) is 11.1 Å². The van der Waals surface area contributed by atoms with Gasteiger partial charge in [0.2, 0.25) is 0 Å². The second-order valence-corrected chi connectivity index (χ2v) is 7.32.